The highest BCUT2D eigenvalue weighted by atomic mass is 16.9. The third-order valence-electron chi connectivity index (χ3n) is 7.86. The Morgan fingerprint density at radius 2 is 1.57 bits per heavy atom. The Morgan fingerprint density at radius 1 is 0.918 bits per heavy atom. The molecule has 0 atom stereocenters. The zero-order valence-electron chi connectivity index (χ0n) is 28.3. The van der Waals surface area contributed by atoms with Crippen molar-refractivity contribution in [2.75, 3.05) is 10.6 Å². The van der Waals surface area contributed by atoms with Gasteiger partial charge in [-0.05, 0) is 65.3 Å². The molecule has 0 aliphatic rings. The number of carbonyl (C=O) groups is 1. The van der Waals surface area contributed by atoms with E-state index in [0.29, 0.717) is 30.1 Å². The van der Waals surface area contributed by atoms with Crippen LogP contribution in [0.1, 0.15) is 76.0 Å². The van der Waals surface area contributed by atoms with Crippen LogP contribution in [0.15, 0.2) is 90.1 Å². The number of urea groups is 1. The minimum absolute atomic E-state index is 0.196. The molecule has 3 heterocycles. The molecule has 12 heteroatoms. The smallest absolute Gasteiger partial charge is 0.323 e. The lowest BCUT2D eigenvalue weighted by Crippen LogP contribution is -2.30. The summed E-state index contributed by atoms with van der Waals surface area (Å²) in [6, 6.07) is 20.8. The molecule has 0 aliphatic heterocycles. The van der Waals surface area contributed by atoms with Gasteiger partial charge in [0.05, 0.1) is 5.09 Å². The zero-order chi connectivity index (χ0) is 35.5. The number of hydrogen-bond acceptors (Lipinski definition) is 8. The molecule has 0 fully saturated rings. The predicted octanol–water partition coefficient (Wildman–Crippen LogP) is 8.49. The molecular weight excluding hydrogens is 624 g/mol. The maximum absolute atomic E-state index is 14.3. The van der Waals surface area contributed by atoms with Crippen LogP contribution in [0.4, 0.5) is 16.2 Å². The average molecular weight is 666 g/mol. The number of para-hydroxylation sites is 1. The highest BCUT2D eigenvalue weighted by Crippen LogP contribution is 2.36. The van der Waals surface area contributed by atoms with Crippen molar-refractivity contribution < 1.29 is 14.6 Å². The van der Waals surface area contributed by atoms with Crippen molar-refractivity contribution >= 4 is 28.4 Å². The van der Waals surface area contributed by atoms with E-state index in [2.05, 4.69) is 55.2 Å². The summed E-state index contributed by atoms with van der Waals surface area (Å²) < 4.78 is 7.77. The Labute approximate surface area is 284 Å². The van der Waals surface area contributed by atoms with E-state index in [1.807, 2.05) is 66.7 Å². The highest BCUT2D eigenvalue weighted by molar-refractivity contribution is 6.07. The van der Waals surface area contributed by atoms with Crippen molar-refractivity contribution in [3.8, 4) is 16.9 Å². The Kier molecular flexibility index (Phi) is 12.4. The molecule has 2 N–H and O–H groups in total. The number of aryl methyl sites for hydroxylation is 1. The molecule has 0 saturated carbocycles. The number of anilines is 2. The second kappa shape index (κ2) is 16.9. The first-order valence-electron chi connectivity index (χ1n) is 16.2. The maximum atomic E-state index is 14.3. The second-order valence-corrected chi connectivity index (χ2v) is 12.0. The lowest BCUT2D eigenvalue weighted by molar-refractivity contribution is -0.402. The van der Waals surface area contributed by atoms with E-state index >= 15 is 0 Å². The molecule has 0 bridgehead atoms. The van der Waals surface area contributed by atoms with Crippen LogP contribution < -0.4 is 20.9 Å². The summed E-state index contributed by atoms with van der Waals surface area (Å²) in [6.45, 7) is 11.3. The van der Waals surface area contributed by atoms with E-state index in [9.17, 15) is 9.59 Å². The van der Waals surface area contributed by atoms with E-state index in [1.165, 1.54) is 0 Å². The molecule has 0 unspecified atom stereocenters. The maximum Gasteiger partial charge on any atom is 0.323 e. The van der Waals surface area contributed by atoms with Gasteiger partial charge in [-0.3, -0.25) is 14.3 Å². The van der Waals surface area contributed by atoms with E-state index in [4.69, 9.17) is 20.1 Å². The molecule has 12 nitrogen and oxygen atoms in total. The summed E-state index contributed by atoms with van der Waals surface area (Å²) in [4.78, 5) is 45.1. The number of nitrogens with one attached hydrogen (secondary N) is 2. The second-order valence-electron chi connectivity index (χ2n) is 12.0. The van der Waals surface area contributed by atoms with Crippen molar-refractivity contribution in [3.05, 3.63) is 128 Å². The van der Waals surface area contributed by atoms with Gasteiger partial charge in [-0.25, -0.2) is 9.78 Å². The topological polar surface area (TPSA) is 164 Å². The number of aromatic nitrogens is 3. The first kappa shape index (κ1) is 36.1. The minimum Gasteiger partial charge on any atom is -0.489 e. The van der Waals surface area contributed by atoms with Gasteiger partial charge >= 0.3 is 6.03 Å². The quantitative estimate of drug-likeness (QED) is 0.105. The summed E-state index contributed by atoms with van der Waals surface area (Å²) in [7, 11) is 0. The number of nitrogens with zero attached hydrogens (tertiary/aromatic N) is 4. The van der Waals surface area contributed by atoms with Crippen LogP contribution in [-0.2, 0) is 13.2 Å². The normalized spacial score (nSPS) is 10.8. The van der Waals surface area contributed by atoms with Crippen LogP contribution in [0.5, 0.6) is 5.75 Å². The molecule has 0 aliphatic carbocycles. The van der Waals surface area contributed by atoms with Crippen LogP contribution in [0, 0.1) is 15.3 Å². The first-order valence-corrected chi connectivity index (χ1v) is 16.2. The number of fused-ring (bicyclic) bond motifs is 1. The van der Waals surface area contributed by atoms with Crippen LogP contribution in [0.2, 0.25) is 0 Å². The molecule has 0 radical (unpaired) electrons. The van der Waals surface area contributed by atoms with Gasteiger partial charge in [0.2, 0.25) is 0 Å². The van der Waals surface area contributed by atoms with Gasteiger partial charge in [0.1, 0.15) is 23.7 Å². The van der Waals surface area contributed by atoms with Crippen LogP contribution in [-0.4, -0.2) is 25.7 Å². The van der Waals surface area contributed by atoms with E-state index in [-0.39, 0.29) is 23.1 Å². The number of unbranched alkanes of at least 4 members (excludes halogenated alkanes) is 1. The molecule has 5 rings (SSSR count). The lowest BCUT2D eigenvalue weighted by Gasteiger charge is -2.22. The van der Waals surface area contributed by atoms with Gasteiger partial charge in [-0.2, -0.15) is 0 Å². The molecule has 256 valence electrons. The predicted molar refractivity (Wildman–Crippen MR) is 193 cm³/mol. The van der Waals surface area contributed by atoms with Gasteiger partial charge in [0.15, 0.2) is 0 Å². The summed E-state index contributed by atoms with van der Waals surface area (Å²) in [5.74, 6) is 1.02. The first-order chi connectivity index (χ1) is 23.5. The van der Waals surface area contributed by atoms with Gasteiger partial charge in [-0.1, -0.05) is 77.4 Å². The Bertz CT molecular complexity index is 1930. The zero-order valence-corrected chi connectivity index (χ0v) is 28.3. The van der Waals surface area contributed by atoms with Crippen molar-refractivity contribution in [2.45, 2.75) is 72.4 Å². The minimum atomic E-state index is -1.75. The fraction of sp³-hybridized carbons (Fsp3) is 0.297. The number of carbonyl (C=O) groups excluding carboxylic acids is 1. The van der Waals surface area contributed by atoms with E-state index in [1.54, 1.807) is 23.2 Å². The van der Waals surface area contributed by atoms with Crippen molar-refractivity contribution in [2.24, 2.45) is 0 Å². The molecule has 3 aromatic heterocycles. The highest BCUT2D eigenvalue weighted by Gasteiger charge is 2.23. The van der Waals surface area contributed by atoms with Gasteiger partial charge in [0, 0.05) is 47.3 Å². The Hall–Kier alpha value is -5.78. The largest absolute Gasteiger partial charge is 0.489 e. The molecule has 0 saturated heterocycles. The third-order valence-corrected chi connectivity index (χ3v) is 7.86. The molecule has 49 heavy (non-hydrogen) atoms. The number of rotatable bonds is 11. The summed E-state index contributed by atoms with van der Waals surface area (Å²) in [5.41, 5.74) is 5.60. The molecule has 2 aromatic carbocycles. The number of benzene rings is 2. The fourth-order valence-corrected chi connectivity index (χ4v) is 5.56. The van der Waals surface area contributed by atoms with E-state index in [0.717, 1.165) is 46.2 Å². The summed E-state index contributed by atoms with van der Waals surface area (Å²) >= 11 is 0. The monoisotopic (exact) mass is 665 g/mol. The van der Waals surface area contributed by atoms with Crippen LogP contribution in [0.3, 0.4) is 0 Å². The van der Waals surface area contributed by atoms with Crippen LogP contribution >= 0.6 is 0 Å². The van der Waals surface area contributed by atoms with Gasteiger partial charge in [0.25, 0.3) is 5.56 Å². The van der Waals surface area contributed by atoms with Crippen LogP contribution in [0.25, 0.3) is 22.2 Å². The summed E-state index contributed by atoms with van der Waals surface area (Å²) in [6.07, 6.45) is 6.89. The fourth-order valence-electron chi connectivity index (χ4n) is 5.56. The van der Waals surface area contributed by atoms with Gasteiger partial charge in [-0.15, -0.1) is 0 Å². The van der Waals surface area contributed by atoms with Crippen molar-refractivity contribution in [1.82, 2.24) is 14.5 Å². The Balaban J connectivity index is 0.00000128. The standard InChI is InChI=1S/C37H41N5O3.NO3/c1-6-7-20-42-35-31(17-11-19-39-35)32(27-13-8-14-28(21-27)45-23-26-12-10-18-38-22-26)34(36(42)43)41-37(44)40-33-29(24(2)3)15-9-16-30(33)25(4)5;2-1(3)4/h8-19,21-22,24-25H,6-7,20,23H2,1-5H3,(H2,40,41,44);/q;-1. The Morgan fingerprint density at radius 3 is 2.20 bits per heavy atom. The van der Waals surface area contributed by atoms with Crippen molar-refractivity contribution in [3.63, 3.8) is 0 Å². The SMILES string of the molecule is CCCCn1c(=O)c(NC(=O)Nc2c(C(C)C)cccc2C(C)C)c(-c2cccc(OCc3cccnc3)c2)c2cccnc21.O=[N+]([O-])[O-]. The third kappa shape index (κ3) is 9.19. The molecule has 5 aromatic rings. The number of hydrogen-bond donors (Lipinski definition) is 2. The number of amides is 2. The molecule has 0 spiro atoms. The number of ether oxygens (including phenoxy) is 1. The molecular formula is C37H41N6O6-. The van der Waals surface area contributed by atoms with Gasteiger partial charge < -0.3 is 30.7 Å². The molecule has 2 amide bonds. The average Bonchev–Trinajstić information content (AvgIpc) is 3.07. The van der Waals surface area contributed by atoms with Crippen molar-refractivity contribution in [1.29, 1.82) is 0 Å². The lowest BCUT2D eigenvalue weighted by atomic mass is 9.93. The summed E-state index contributed by atoms with van der Waals surface area (Å²) in [5, 5.41) is 21.6. The number of pyridine rings is 3. The van der Waals surface area contributed by atoms with E-state index < -0.39 is 11.1 Å².